The quantitative estimate of drug-likeness (QED) is 0.276. The van der Waals surface area contributed by atoms with Gasteiger partial charge in [-0.3, -0.25) is 19.6 Å². The predicted molar refractivity (Wildman–Crippen MR) is 149 cm³/mol. The highest BCUT2D eigenvalue weighted by molar-refractivity contribution is 5.94. The number of rotatable bonds is 15. The number of ether oxygens (including phenoxy) is 2. The van der Waals surface area contributed by atoms with E-state index in [1.54, 1.807) is 48.8 Å². The van der Waals surface area contributed by atoms with Crippen molar-refractivity contribution in [1.29, 1.82) is 0 Å². The molecule has 0 unspecified atom stereocenters. The summed E-state index contributed by atoms with van der Waals surface area (Å²) in [6.07, 6.45) is 6.10. The number of benzene rings is 2. The first-order chi connectivity index (χ1) is 19.9. The summed E-state index contributed by atoms with van der Waals surface area (Å²) in [7, 11) is 0. The lowest BCUT2D eigenvalue weighted by Gasteiger charge is -2.29. The Bertz CT molecular complexity index is 1250. The number of aromatic amines is 1. The third-order valence-electron chi connectivity index (χ3n) is 6.60. The summed E-state index contributed by atoms with van der Waals surface area (Å²) in [5, 5.41) is 15.6. The second kappa shape index (κ2) is 15.0. The first-order valence-electron chi connectivity index (χ1n) is 14.5. The minimum atomic E-state index is -2.15. The van der Waals surface area contributed by atoms with Crippen molar-refractivity contribution in [3.63, 3.8) is 0 Å². The first-order valence-corrected chi connectivity index (χ1v) is 13.5. The van der Waals surface area contributed by atoms with Crippen molar-refractivity contribution >= 4 is 11.9 Å². The zero-order valence-corrected chi connectivity index (χ0v) is 22.2. The minimum absolute atomic E-state index is 0.115. The van der Waals surface area contributed by atoms with Crippen LogP contribution in [0.5, 0.6) is 5.75 Å². The van der Waals surface area contributed by atoms with E-state index in [1.807, 2.05) is 12.1 Å². The predicted octanol–water partition coefficient (Wildman–Crippen LogP) is 4.47. The molecule has 9 heteroatoms. The lowest BCUT2D eigenvalue weighted by atomic mass is 10.1. The molecule has 0 aliphatic carbocycles. The Balaban J connectivity index is 1.51. The number of nitrogens with one attached hydrogen (secondary N) is 1. The molecule has 39 heavy (non-hydrogen) atoms. The van der Waals surface area contributed by atoms with Gasteiger partial charge in [0.05, 0.1) is 28.8 Å². The second-order valence-corrected chi connectivity index (χ2v) is 9.49. The molecule has 0 spiro atoms. The Morgan fingerprint density at radius 2 is 1.85 bits per heavy atom. The Morgan fingerprint density at radius 1 is 1.05 bits per heavy atom. The number of hydrogen-bond acceptors (Lipinski definition) is 6. The van der Waals surface area contributed by atoms with Gasteiger partial charge in [-0.05, 0) is 49.4 Å². The highest BCUT2D eigenvalue weighted by atomic mass is 16.5. The van der Waals surface area contributed by atoms with E-state index < -0.39 is 18.4 Å². The Morgan fingerprint density at radius 3 is 2.59 bits per heavy atom. The van der Waals surface area contributed by atoms with Gasteiger partial charge >= 0.3 is 5.97 Å². The zero-order valence-electron chi connectivity index (χ0n) is 24.2. The maximum Gasteiger partial charge on any atom is 0.303 e. The molecular weight excluding hydrogens is 496 g/mol. The number of H-pyrrole nitrogens is 1. The molecule has 1 saturated heterocycles. The van der Waals surface area contributed by atoms with Gasteiger partial charge < -0.3 is 19.5 Å². The molecule has 1 fully saturated rings. The largest absolute Gasteiger partial charge is 0.493 e. The van der Waals surface area contributed by atoms with Crippen LogP contribution in [0.3, 0.4) is 0 Å². The van der Waals surface area contributed by atoms with Crippen molar-refractivity contribution in [2.24, 2.45) is 0 Å². The number of aromatic nitrogens is 2. The number of nitrogens with zero attached hydrogens (tertiary/aromatic N) is 3. The van der Waals surface area contributed by atoms with Gasteiger partial charge in [0.15, 0.2) is 0 Å². The van der Waals surface area contributed by atoms with Crippen molar-refractivity contribution in [2.75, 3.05) is 46.0 Å². The maximum absolute atomic E-state index is 13.9. The third kappa shape index (κ3) is 8.94. The monoisotopic (exact) mass is 536 g/mol. The second-order valence-electron chi connectivity index (χ2n) is 9.49. The molecule has 1 aromatic heterocycles. The third-order valence-corrected chi connectivity index (χ3v) is 6.60. The molecule has 1 amide bonds. The number of carboxylic acid groups (broad SMARTS) is 1. The summed E-state index contributed by atoms with van der Waals surface area (Å²) >= 11 is 0. The van der Waals surface area contributed by atoms with Crippen LogP contribution in [0.25, 0.3) is 11.1 Å². The van der Waals surface area contributed by atoms with Crippen LogP contribution < -0.4 is 4.74 Å². The van der Waals surface area contributed by atoms with Gasteiger partial charge in [-0.15, -0.1) is 0 Å². The van der Waals surface area contributed by atoms with E-state index in [-0.39, 0.29) is 18.5 Å². The molecule has 2 N–H and O–H groups in total. The standard InChI is InChI=1S/C30H38N4O5/c35-29(36)9-2-1-5-18-39-28-8-4-3-7-26(28)23-34(15-6-14-33-16-19-38-20-17-33)30(37)25-12-10-24(11-13-25)27-21-31-32-22-27/h3-4,7-8,10-13,21-22H,1-2,5-6,9,14-20,23H2,(H,31,32)(H,35,36)/i23D2. The summed E-state index contributed by atoms with van der Waals surface area (Å²) in [4.78, 5) is 28.2. The topological polar surface area (TPSA) is 108 Å². The van der Waals surface area contributed by atoms with E-state index >= 15 is 0 Å². The molecule has 2 heterocycles. The van der Waals surface area contributed by atoms with E-state index in [4.69, 9.17) is 14.6 Å². The fourth-order valence-corrected chi connectivity index (χ4v) is 4.42. The van der Waals surface area contributed by atoms with Crippen molar-refractivity contribution < 1.29 is 26.9 Å². The van der Waals surface area contributed by atoms with Gasteiger partial charge in [0, 0.05) is 62.0 Å². The Kier molecular flexibility index (Phi) is 9.87. The lowest BCUT2D eigenvalue weighted by Crippen LogP contribution is -2.39. The van der Waals surface area contributed by atoms with Crippen LogP contribution in [0.1, 0.15) is 50.8 Å². The molecule has 3 aromatic rings. The fourth-order valence-electron chi connectivity index (χ4n) is 4.42. The summed E-state index contributed by atoms with van der Waals surface area (Å²) in [5.41, 5.74) is 2.47. The average molecular weight is 537 g/mol. The highest BCUT2D eigenvalue weighted by Gasteiger charge is 2.19. The Hall–Kier alpha value is -3.69. The number of carbonyl (C=O) groups is 2. The van der Waals surface area contributed by atoms with Crippen LogP contribution in [-0.4, -0.2) is 83.0 Å². The lowest BCUT2D eigenvalue weighted by molar-refractivity contribution is -0.137. The maximum atomic E-state index is 13.9. The van der Waals surface area contributed by atoms with E-state index in [0.29, 0.717) is 56.8 Å². The molecule has 4 rings (SSSR count). The van der Waals surface area contributed by atoms with E-state index in [1.165, 1.54) is 4.90 Å². The minimum Gasteiger partial charge on any atom is -0.493 e. The molecule has 0 saturated carbocycles. The molecule has 0 atom stereocenters. The van der Waals surface area contributed by atoms with Crippen LogP contribution in [0.4, 0.5) is 0 Å². The average Bonchev–Trinajstić information content (AvgIpc) is 3.53. The van der Waals surface area contributed by atoms with Gasteiger partial charge in [-0.25, -0.2) is 0 Å². The smallest absolute Gasteiger partial charge is 0.303 e. The van der Waals surface area contributed by atoms with Crippen molar-refractivity contribution in [3.05, 3.63) is 72.1 Å². The van der Waals surface area contributed by atoms with Gasteiger partial charge in [-0.1, -0.05) is 30.3 Å². The Labute approximate surface area is 232 Å². The van der Waals surface area contributed by atoms with E-state index in [9.17, 15) is 12.3 Å². The van der Waals surface area contributed by atoms with Crippen molar-refractivity contribution in [3.8, 4) is 16.9 Å². The molecule has 0 radical (unpaired) electrons. The molecule has 208 valence electrons. The SMILES string of the molecule is [2H]C([2H])(c1ccccc1OCCCCCC(=O)O)N(CCCN1CCOCC1)C(=O)c1ccc(-c2cn[nH]c2)cc1. The number of para-hydroxylation sites is 1. The van der Waals surface area contributed by atoms with Crippen LogP contribution in [0, 0.1) is 0 Å². The van der Waals surface area contributed by atoms with Crippen LogP contribution in [0.15, 0.2) is 60.9 Å². The number of aliphatic carboxylic acids is 1. The fraction of sp³-hybridized carbons (Fsp3) is 0.433. The van der Waals surface area contributed by atoms with Crippen LogP contribution in [-0.2, 0) is 16.0 Å². The van der Waals surface area contributed by atoms with E-state index in [0.717, 1.165) is 30.8 Å². The molecule has 1 aliphatic rings. The van der Waals surface area contributed by atoms with Crippen molar-refractivity contribution in [2.45, 2.75) is 38.6 Å². The van der Waals surface area contributed by atoms with Gasteiger partial charge in [0.2, 0.25) is 0 Å². The number of carboxylic acids is 1. The summed E-state index contributed by atoms with van der Waals surface area (Å²) < 4.78 is 29.8. The van der Waals surface area contributed by atoms with Gasteiger partial charge in [0.25, 0.3) is 5.91 Å². The first kappa shape index (κ1) is 25.6. The molecule has 9 nitrogen and oxygen atoms in total. The molecule has 1 aliphatic heterocycles. The molecule has 2 aromatic carbocycles. The normalized spacial score (nSPS) is 14.9. The zero-order chi connectivity index (χ0) is 29.1. The molecule has 0 bridgehead atoms. The van der Waals surface area contributed by atoms with Crippen LogP contribution >= 0.6 is 0 Å². The number of amides is 1. The van der Waals surface area contributed by atoms with Gasteiger partial charge in [0.1, 0.15) is 5.75 Å². The van der Waals surface area contributed by atoms with E-state index in [2.05, 4.69) is 15.1 Å². The van der Waals surface area contributed by atoms with Crippen molar-refractivity contribution in [1.82, 2.24) is 20.0 Å². The highest BCUT2D eigenvalue weighted by Crippen LogP contribution is 2.23. The summed E-state index contributed by atoms with van der Waals surface area (Å²) in [6, 6.07) is 14.0. The number of unbranched alkanes of at least 4 members (excludes halogenated alkanes) is 2. The van der Waals surface area contributed by atoms with Crippen LogP contribution in [0.2, 0.25) is 0 Å². The number of morpholine rings is 1. The number of carbonyl (C=O) groups excluding carboxylic acids is 1. The number of hydrogen-bond donors (Lipinski definition) is 2. The summed E-state index contributed by atoms with van der Waals surface area (Å²) in [5.74, 6) is -0.852. The molecular formula is C30H38N4O5. The summed E-state index contributed by atoms with van der Waals surface area (Å²) in [6.45, 7) is 2.12. The van der Waals surface area contributed by atoms with Gasteiger partial charge in [-0.2, -0.15) is 5.10 Å².